The first-order chi connectivity index (χ1) is 9.33. The quantitative estimate of drug-likeness (QED) is 0.773. The van der Waals surface area contributed by atoms with Gasteiger partial charge in [-0.1, -0.05) is 20.3 Å². The van der Waals surface area contributed by atoms with Crippen LogP contribution in [-0.2, 0) is 4.79 Å². The number of amides is 3. The largest absolute Gasteiger partial charge is 0.352 e. The molecule has 110 valence electrons. The molecular weight excluding hydrogens is 268 g/mol. The van der Waals surface area contributed by atoms with E-state index in [0.717, 1.165) is 12.1 Å². The normalized spacial score (nSPS) is 13.4. The van der Waals surface area contributed by atoms with Gasteiger partial charge in [0, 0.05) is 11.8 Å². The second-order valence-corrected chi connectivity index (χ2v) is 4.52. The van der Waals surface area contributed by atoms with E-state index in [1.807, 2.05) is 6.92 Å². The molecule has 0 aromatic heterocycles. The average Bonchev–Trinajstić information content (AvgIpc) is 2.33. The third-order valence-electron chi connectivity index (χ3n) is 2.92. The Kier molecular flexibility index (Phi) is 5.42. The summed E-state index contributed by atoms with van der Waals surface area (Å²) >= 11 is 0. The molecule has 0 saturated heterocycles. The van der Waals surface area contributed by atoms with Gasteiger partial charge in [-0.3, -0.25) is 4.79 Å². The molecule has 0 unspecified atom stereocenters. The lowest BCUT2D eigenvalue weighted by atomic mass is 9.98. The topological polar surface area (TPSA) is 84.2 Å². The first kappa shape index (κ1) is 15.9. The highest BCUT2D eigenvalue weighted by molar-refractivity contribution is 5.97. The first-order valence-electron chi connectivity index (χ1n) is 6.16. The summed E-state index contributed by atoms with van der Waals surface area (Å²) in [5, 5.41) is 4.67. The fraction of sp³-hybridized carbons (Fsp3) is 0.385. The van der Waals surface area contributed by atoms with Crippen molar-refractivity contribution in [3.05, 3.63) is 29.8 Å². The minimum atomic E-state index is -0.871. The number of primary amides is 1. The number of carbonyl (C=O) groups is 2. The van der Waals surface area contributed by atoms with Crippen LogP contribution in [0.2, 0.25) is 0 Å². The van der Waals surface area contributed by atoms with Crippen LogP contribution in [0.25, 0.3) is 0 Å². The van der Waals surface area contributed by atoms with E-state index in [1.165, 1.54) is 0 Å². The maximum atomic E-state index is 13.0. The smallest absolute Gasteiger partial charge is 0.312 e. The van der Waals surface area contributed by atoms with Gasteiger partial charge in [-0.15, -0.1) is 0 Å². The highest BCUT2D eigenvalue weighted by Gasteiger charge is 2.25. The van der Waals surface area contributed by atoms with Gasteiger partial charge in [0.15, 0.2) is 0 Å². The van der Waals surface area contributed by atoms with Gasteiger partial charge in [0.25, 0.3) is 0 Å². The second-order valence-electron chi connectivity index (χ2n) is 4.52. The van der Waals surface area contributed by atoms with Crippen molar-refractivity contribution >= 4 is 17.6 Å². The molecular formula is C13H17F2N3O2. The van der Waals surface area contributed by atoms with Gasteiger partial charge in [0.05, 0.1) is 0 Å². The fourth-order valence-electron chi connectivity index (χ4n) is 1.70. The molecule has 0 bridgehead atoms. The summed E-state index contributed by atoms with van der Waals surface area (Å²) in [4.78, 5) is 23.0. The molecule has 1 aromatic carbocycles. The van der Waals surface area contributed by atoms with Crippen molar-refractivity contribution in [1.29, 1.82) is 0 Å². The van der Waals surface area contributed by atoms with Gasteiger partial charge in [-0.2, -0.15) is 0 Å². The lowest BCUT2D eigenvalue weighted by Crippen LogP contribution is -2.49. The van der Waals surface area contributed by atoms with Gasteiger partial charge < -0.3 is 16.4 Å². The molecule has 0 aliphatic heterocycles. The SMILES string of the molecule is CC[C@H](C)[C@@H](NC(N)=O)C(=O)Nc1cc(F)cc(F)c1. The number of nitrogens with two attached hydrogens (primary N) is 1. The fourth-order valence-corrected chi connectivity index (χ4v) is 1.70. The number of carbonyl (C=O) groups excluding carboxylic acids is 2. The van der Waals surface area contributed by atoms with E-state index in [0.29, 0.717) is 12.5 Å². The Morgan fingerprint density at radius 2 is 1.80 bits per heavy atom. The van der Waals surface area contributed by atoms with E-state index < -0.39 is 29.6 Å². The molecule has 0 spiro atoms. The zero-order valence-electron chi connectivity index (χ0n) is 11.2. The molecule has 0 fully saturated rings. The summed E-state index contributed by atoms with van der Waals surface area (Å²) in [7, 11) is 0. The summed E-state index contributed by atoms with van der Waals surface area (Å²) in [6.07, 6.45) is 0.621. The Morgan fingerprint density at radius 1 is 1.25 bits per heavy atom. The minimum absolute atomic E-state index is 0.0212. The van der Waals surface area contributed by atoms with Crippen molar-refractivity contribution in [3.8, 4) is 0 Å². The minimum Gasteiger partial charge on any atom is -0.352 e. The van der Waals surface area contributed by atoms with E-state index in [2.05, 4.69) is 10.6 Å². The Balaban J connectivity index is 2.87. The molecule has 0 heterocycles. The van der Waals surface area contributed by atoms with Crippen molar-refractivity contribution in [2.45, 2.75) is 26.3 Å². The van der Waals surface area contributed by atoms with Crippen molar-refractivity contribution < 1.29 is 18.4 Å². The number of benzene rings is 1. The van der Waals surface area contributed by atoms with Crippen molar-refractivity contribution in [2.75, 3.05) is 5.32 Å². The predicted molar refractivity (Wildman–Crippen MR) is 70.9 cm³/mol. The third-order valence-corrected chi connectivity index (χ3v) is 2.92. The molecule has 3 amide bonds. The van der Waals surface area contributed by atoms with Crippen LogP contribution in [0.15, 0.2) is 18.2 Å². The van der Waals surface area contributed by atoms with Crippen LogP contribution in [0, 0.1) is 17.6 Å². The molecule has 1 aromatic rings. The summed E-state index contributed by atoms with van der Waals surface area (Å²) in [6.45, 7) is 3.60. The summed E-state index contributed by atoms with van der Waals surface area (Å²) in [6, 6.07) is 0.959. The first-order valence-corrected chi connectivity index (χ1v) is 6.16. The van der Waals surface area contributed by atoms with Crippen LogP contribution in [0.1, 0.15) is 20.3 Å². The Morgan fingerprint density at radius 3 is 2.25 bits per heavy atom. The van der Waals surface area contributed by atoms with Crippen molar-refractivity contribution in [2.24, 2.45) is 11.7 Å². The van der Waals surface area contributed by atoms with Crippen LogP contribution in [0.5, 0.6) is 0 Å². The van der Waals surface area contributed by atoms with Gasteiger partial charge in [-0.25, -0.2) is 13.6 Å². The Labute approximate surface area is 115 Å². The highest BCUT2D eigenvalue weighted by atomic mass is 19.1. The van der Waals surface area contributed by atoms with Gasteiger partial charge >= 0.3 is 6.03 Å². The Hall–Kier alpha value is -2.18. The Bertz CT molecular complexity index is 488. The molecule has 0 radical (unpaired) electrons. The average molecular weight is 285 g/mol. The number of hydrogen-bond acceptors (Lipinski definition) is 2. The third kappa shape index (κ3) is 4.49. The van der Waals surface area contributed by atoms with E-state index in [-0.39, 0.29) is 11.6 Å². The van der Waals surface area contributed by atoms with Crippen LogP contribution in [-0.4, -0.2) is 18.0 Å². The van der Waals surface area contributed by atoms with E-state index in [1.54, 1.807) is 6.92 Å². The van der Waals surface area contributed by atoms with Crippen molar-refractivity contribution in [3.63, 3.8) is 0 Å². The molecule has 0 saturated carbocycles. The molecule has 7 heteroatoms. The molecule has 20 heavy (non-hydrogen) atoms. The molecule has 5 nitrogen and oxygen atoms in total. The predicted octanol–water partition coefficient (Wildman–Crippen LogP) is 1.99. The number of hydrogen-bond donors (Lipinski definition) is 3. The number of rotatable bonds is 5. The molecule has 2 atom stereocenters. The van der Waals surface area contributed by atoms with Gasteiger partial charge in [-0.05, 0) is 18.1 Å². The zero-order chi connectivity index (χ0) is 15.3. The second kappa shape index (κ2) is 6.83. The van der Waals surface area contributed by atoms with Crippen LogP contribution in [0.4, 0.5) is 19.3 Å². The lowest BCUT2D eigenvalue weighted by Gasteiger charge is -2.22. The summed E-state index contributed by atoms with van der Waals surface area (Å²) in [5.74, 6) is -2.37. The summed E-state index contributed by atoms with van der Waals surface area (Å²) < 4.78 is 26.1. The van der Waals surface area contributed by atoms with Crippen LogP contribution < -0.4 is 16.4 Å². The number of nitrogens with one attached hydrogen (secondary N) is 2. The van der Waals surface area contributed by atoms with Crippen LogP contribution >= 0.6 is 0 Å². The number of halogens is 2. The van der Waals surface area contributed by atoms with Gasteiger partial charge in [0.1, 0.15) is 17.7 Å². The van der Waals surface area contributed by atoms with E-state index in [4.69, 9.17) is 5.73 Å². The molecule has 1 rings (SSSR count). The summed E-state index contributed by atoms with van der Waals surface area (Å²) in [5.41, 5.74) is 4.99. The van der Waals surface area contributed by atoms with E-state index >= 15 is 0 Å². The highest BCUT2D eigenvalue weighted by Crippen LogP contribution is 2.15. The molecule has 0 aliphatic rings. The monoisotopic (exact) mass is 285 g/mol. The zero-order valence-corrected chi connectivity index (χ0v) is 11.2. The lowest BCUT2D eigenvalue weighted by molar-refractivity contribution is -0.119. The molecule has 0 aliphatic carbocycles. The standard InChI is InChI=1S/C13H17F2N3O2/c1-3-7(2)11(18-13(16)20)12(19)17-10-5-8(14)4-9(15)6-10/h4-7,11H,3H2,1-2H3,(H,17,19)(H3,16,18,20)/t7-,11+/m0/s1. The maximum absolute atomic E-state index is 13.0. The maximum Gasteiger partial charge on any atom is 0.312 e. The van der Waals surface area contributed by atoms with E-state index in [9.17, 15) is 18.4 Å². The number of urea groups is 1. The van der Waals surface area contributed by atoms with Crippen LogP contribution in [0.3, 0.4) is 0 Å². The molecule has 4 N–H and O–H groups in total. The number of anilines is 1. The van der Waals surface area contributed by atoms with Crippen molar-refractivity contribution in [1.82, 2.24) is 5.32 Å². The van der Waals surface area contributed by atoms with Gasteiger partial charge in [0.2, 0.25) is 5.91 Å².